The van der Waals surface area contributed by atoms with Crippen LogP contribution < -0.4 is 15.1 Å². The van der Waals surface area contributed by atoms with Crippen molar-refractivity contribution in [3.8, 4) is 11.1 Å². The van der Waals surface area contributed by atoms with Crippen LogP contribution in [0.4, 0.5) is 5.69 Å². The molecule has 0 radical (unpaired) electrons. The maximum absolute atomic E-state index is 12.9. The van der Waals surface area contributed by atoms with E-state index < -0.39 is 5.60 Å². The van der Waals surface area contributed by atoms with Crippen LogP contribution in [0.5, 0.6) is 0 Å². The zero-order valence-electron chi connectivity index (χ0n) is 21.8. The fourth-order valence-electron chi connectivity index (χ4n) is 4.76. The molecule has 1 aliphatic heterocycles. The highest BCUT2D eigenvalue weighted by atomic mass is 16.6. The summed E-state index contributed by atoms with van der Waals surface area (Å²) in [7, 11) is 1.94. The van der Waals surface area contributed by atoms with Crippen LogP contribution in [0.2, 0.25) is 0 Å². The van der Waals surface area contributed by atoms with Crippen molar-refractivity contribution in [2.75, 3.05) is 11.4 Å². The van der Waals surface area contributed by atoms with E-state index in [1.807, 2.05) is 69.0 Å². The largest absolute Gasteiger partial charge is 0.460 e. The van der Waals surface area contributed by atoms with E-state index in [9.17, 15) is 9.59 Å². The lowest BCUT2D eigenvalue weighted by atomic mass is 9.87. The highest BCUT2D eigenvalue weighted by molar-refractivity contribution is 5.93. The summed E-state index contributed by atoms with van der Waals surface area (Å²) in [6.45, 7) is 12.7. The predicted octanol–water partition coefficient (Wildman–Crippen LogP) is 5.41. The Balaban J connectivity index is 1.69. The summed E-state index contributed by atoms with van der Waals surface area (Å²) in [5, 5.41) is 0.882. The van der Waals surface area contributed by atoms with Crippen LogP contribution in [0, 0.1) is 0 Å². The minimum absolute atomic E-state index is 0.189. The molecule has 2 aromatic heterocycles. The third-order valence-corrected chi connectivity index (χ3v) is 6.30. The quantitative estimate of drug-likeness (QED) is 0.281. The molecule has 35 heavy (non-hydrogen) atoms. The molecule has 184 valence electrons. The van der Waals surface area contributed by atoms with Crippen molar-refractivity contribution in [3.05, 3.63) is 64.8 Å². The van der Waals surface area contributed by atoms with Crippen molar-refractivity contribution in [2.24, 2.45) is 7.05 Å². The van der Waals surface area contributed by atoms with Gasteiger partial charge < -0.3 is 14.1 Å². The first-order chi connectivity index (χ1) is 16.3. The zero-order valence-corrected chi connectivity index (χ0v) is 21.8. The predicted molar refractivity (Wildman–Crippen MR) is 139 cm³/mol. The zero-order chi connectivity index (χ0) is 25.5. The molecule has 0 saturated carbocycles. The maximum atomic E-state index is 12.9. The average Bonchev–Trinajstić information content (AvgIpc) is 2.74. The summed E-state index contributed by atoms with van der Waals surface area (Å²) >= 11 is 0. The van der Waals surface area contributed by atoms with E-state index >= 15 is 0 Å². The minimum atomic E-state index is -0.485. The van der Waals surface area contributed by atoms with Crippen LogP contribution in [0.3, 0.4) is 0 Å². The minimum Gasteiger partial charge on any atom is -0.460 e. The molecule has 3 aromatic rings. The topological polar surface area (TPSA) is 63.6 Å². The molecular weight excluding hydrogens is 440 g/mol. The Morgan fingerprint density at radius 2 is 1.77 bits per heavy atom. The first-order valence-electron chi connectivity index (χ1n) is 12.1. The number of esters is 1. The van der Waals surface area contributed by atoms with Crippen molar-refractivity contribution < 1.29 is 18.5 Å². The molecule has 1 aromatic carbocycles. The van der Waals surface area contributed by atoms with Gasteiger partial charge in [0.05, 0.1) is 11.1 Å². The number of rotatable bonds is 5. The molecular formula is C29H35N2O4+. The molecule has 0 unspecified atom stereocenters. The lowest BCUT2D eigenvalue weighted by Crippen LogP contribution is -2.45. The molecule has 3 heterocycles. The lowest BCUT2D eigenvalue weighted by Gasteiger charge is -2.43. The lowest BCUT2D eigenvalue weighted by molar-refractivity contribution is -0.671. The molecule has 6 nitrogen and oxygen atoms in total. The Hall–Kier alpha value is -3.41. The van der Waals surface area contributed by atoms with Gasteiger partial charge in [-0.15, -0.1) is 0 Å². The van der Waals surface area contributed by atoms with Crippen molar-refractivity contribution in [3.63, 3.8) is 0 Å². The van der Waals surface area contributed by atoms with Gasteiger partial charge in [0.25, 0.3) is 0 Å². The number of anilines is 1. The Morgan fingerprint density at radius 1 is 1.11 bits per heavy atom. The van der Waals surface area contributed by atoms with Gasteiger partial charge >= 0.3 is 11.6 Å². The Morgan fingerprint density at radius 3 is 2.43 bits per heavy atom. The monoisotopic (exact) mass is 475 g/mol. The number of aryl methyl sites for hydroxylation is 1. The van der Waals surface area contributed by atoms with Crippen molar-refractivity contribution in [1.82, 2.24) is 0 Å². The summed E-state index contributed by atoms with van der Waals surface area (Å²) in [4.78, 5) is 27.4. The number of carbonyl (C=O) groups is 1. The van der Waals surface area contributed by atoms with Crippen molar-refractivity contribution >= 4 is 28.2 Å². The van der Waals surface area contributed by atoms with Gasteiger partial charge in [0.1, 0.15) is 18.2 Å². The number of carbonyl (C=O) groups excluding carboxylic acids is 1. The van der Waals surface area contributed by atoms with E-state index in [1.165, 1.54) is 5.57 Å². The second kappa shape index (κ2) is 8.99. The van der Waals surface area contributed by atoms with Crippen LogP contribution in [0.1, 0.15) is 59.9 Å². The molecule has 1 aliphatic rings. The second-order valence-corrected chi connectivity index (χ2v) is 10.9. The Bertz CT molecular complexity index is 1360. The molecule has 0 spiro atoms. The van der Waals surface area contributed by atoms with Crippen LogP contribution in [0.25, 0.3) is 27.7 Å². The third kappa shape index (κ3) is 5.31. The van der Waals surface area contributed by atoms with Gasteiger partial charge in [-0.2, -0.15) is 0 Å². The number of nitrogens with zero attached hydrogens (tertiary/aromatic N) is 2. The molecule has 0 fully saturated rings. The smallest absolute Gasteiger partial charge is 0.344 e. The number of pyridine rings is 1. The normalized spacial score (nSPS) is 15.1. The van der Waals surface area contributed by atoms with Gasteiger partial charge in [-0.25, -0.2) is 9.36 Å². The number of benzene rings is 1. The highest BCUT2D eigenvalue weighted by Crippen LogP contribution is 2.41. The van der Waals surface area contributed by atoms with Crippen LogP contribution in [-0.4, -0.2) is 23.7 Å². The van der Waals surface area contributed by atoms with Gasteiger partial charge in [-0.3, -0.25) is 4.79 Å². The van der Waals surface area contributed by atoms with Crippen molar-refractivity contribution in [1.29, 1.82) is 0 Å². The highest BCUT2D eigenvalue weighted by Gasteiger charge is 2.32. The van der Waals surface area contributed by atoms with Crippen molar-refractivity contribution in [2.45, 2.75) is 65.5 Å². The van der Waals surface area contributed by atoms with Gasteiger partial charge in [0.15, 0.2) is 12.4 Å². The molecule has 0 bridgehead atoms. The van der Waals surface area contributed by atoms with E-state index in [0.29, 0.717) is 30.5 Å². The number of hydrogen-bond donors (Lipinski definition) is 0. The first kappa shape index (κ1) is 24.7. The number of allylic oxidation sites excluding steroid dienone is 1. The average molecular weight is 476 g/mol. The summed E-state index contributed by atoms with van der Waals surface area (Å²) in [6, 6.07) is 9.80. The molecule has 0 atom stereocenters. The molecule has 0 saturated heterocycles. The Kier molecular flexibility index (Phi) is 6.34. The van der Waals surface area contributed by atoms with Crippen LogP contribution >= 0.6 is 0 Å². The standard InChI is InChI=1S/C29H35N2O4/c1-19-18-29(5,6)31(12-8-9-26(32)35-28(2,3)4)24-17-25-21(15-22(19)24)16-23(27(33)34-25)20-10-13-30(7)14-11-20/h10-11,13-18H,8-9,12H2,1-7H3/q+1. The number of hydrogen-bond acceptors (Lipinski definition) is 5. The summed E-state index contributed by atoms with van der Waals surface area (Å²) in [6.07, 6.45) is 7.09. The van der Waals surface area contributed by atoms with Crippen LogP contribution in [0.15, 0.2) is 58.0 Å². The number of fused-ring (bicyclic) bond motifs is 2. The second-order valence-electron chi connectivity index (χ2n) is 10.9. The summed E-state index contributed by atoms with van der Waals surface area (Å²) < 4.78 is 13.2. The fraction of sp³-hybridized carbons (Fsp3) is 0.414. The summed E-state index contributed by atoms with van der Waals surface area (Å²) in [5.41, 5.74) is 4.13. The van der Waals surface area contributed by atoms with Gasteiger partial charge in [-0.05, 0) is 65.7 Å². The molecule has 0 aliphatic carbocycles. The van der Waals surface area contributed by atoms with Gasteiger partial charge in [-0.1, -0.05) is 6.08 Å². The van der Waals surface area contributed by atoms with E-state index in [-0.39, 0.29) is 17.1 Å². The number of aromatic nitrogens is 1. The van der Waals surface area contributed by atoms with Gasteiger partial charge in [0.2, 0.25) is 0 Å². The molecule has 4 rings (SSSR count). The van der Waals surface area contributed by atoms with E-state index in [0.717, 1.165) is 22.2 Å². The van der Waals surface area contributed by atoms with Crippen LogP contribution in [-0.2, 0) is 16.6 Å². The first-order valence-corrected chi connectivity index (χ1v) is 12.1. The third-order valence-electron chi connectivity index (χ3n) is 6.30. The number of ether oxygens (including phenoxy) is 1. The molecule has 0 amide bonds. The molecule has 0 N–H and O–H groups in total. The Labute approximate surface area is 206 Å². The summed E-state index contributed by atoms with van der Waals surface area (Å²) in [5.74, 6) is -0.189. The molecule has 6 heteroatoms. The maximum Gasteiger partial charge on any atom is 0.344 e. The van der Waals surface area contributed by atoms with E-state index in [2.05, 4.69) is 37.8 Å². The van der Waals surface area contributed by atoms with E-state index in [4.69, 9.17) is 9.15 Å². The van der Waals surface area contributed by atoms with Gasteiger partial charge in [0, 0.05) is 53.4 Å². The fourth-order valence-corrected chi connectivity index (χ4v) is 4.76. The SMILES string of the molecule is CC1=CC(C)(C)N(CCCC(=O)OC(C)(C)C)c2cc3oc(=O)c(-c4cc[n+](C)cc4)cc3cc21. The van der Waals surface area contributed by atoms with E-state index in [1.54, 1.807) is 0 Å².